The van der Waals surface area contributed by atoms with E-state index in [2.05, 4.69) is 106 Å². The second-order valence-electron chi connectivity index (χ2n) is 12.0. The van der Waals surface area contributed by atoms with E-state index in [4.69, 9.17) is 42.7 Å². The Morgan fingerprint density at radius 3 is 1.14 bits per heavy atom. The van der Waals surface area contributed by atoms with E-state index >= 15 is 0 Å². The lowest BCUT2D eigenvalue weighted by Gasteiger charge is -2.44. The zero-order chi connectivity index (χ0) is 45.6. The van der Waals surface area contributed by atoms with Crippen molar-refractivity contribution in [1.29, 1.82) is 0 Å². The molecule has 27 heteroatoms. The summed E-state index contributed by atoms with van der Waals surface area (Å²) in [5.41, 5.74) is 21.6. The number of nitrogens with zero attached hydrogens (tertiary/aromatic N) is 4. The van der Waals surface area contributed by atoms with Gasteiger partial charge in [0.15, 0.2) is 11.9 Å². The minimum absolute atomic E-state index is 0.0273. The summed E-state index contributed by atoms with van der Waals surface area (Å²) in [7, 11) is 0. The number of aliphatic carboxylic acids is 2. The topological polar surface area (TPSA) is 261 Å². The summed E-state index contributed by atoms with van der Waals surface area (Å²) in [4.78, 5) is 71.3. The van der Waals surface area contributed by atoms with Crippen LogP contribution in [0.2, 0.25) is 0 Å². The highest BCUT2D eigenvalue weighted by Gasteiger charge is 2.57. The Morgan fingerprint density at radius 2 is 0.864 bits per heavy atom. The van der Waals surface area contributed by atoms with Crippen LogP contribution in [-0.2, 0) is 32.0 Å². The van der Waals surface area contributed by atoms with Gasteiger partial charge in [-0.25, -0.2) is 14.4 Å². The number of rotatable bonds is 14. The number of carbonyl (C=O) groups is 5. The number of hydrogen-bond donors (Lipinski definition) is 6. The van der Waals surface area contributed by atoms with Gasteiger partial charge in [0, 0.05) is 53.0 Å². The molecular formula is C32H34Br6F6N8O7. The van der Waals surface area contributed by atoms with Crippen molar-refractivity contribution >= 4 is 137 Å². The van der Waals surface area contributed by atoms with Crippen molar-refractivity contribution in [2.24, 2.45) is 38.3 Å². The number of amides is 4. The number of carboxylic acid groups (broad SMARTS) is 2. The molecular weight excluding hydrogens is 1200 g/mol. The molecule has 0 saturated carbocycles. The molecule has 1 saturated heterocycles. The third-order valence-electron chi connectivity index (χ3n) is 7.59. The molecule has 328 valence electrons. The van der Waals surface area contributed by atoms with Gasteiger partial charge in [0.25, 0.3) is 0 Å². The molecule has 10 N–H and O–H groups in total. The van der Waals surface area contributed by atoms with Crippen LogP contribution in [-0.4, -0.2) is 100 Å². The van der Waals surface area contributed by atoms with Gasteiger partial charge in [0.05, 0.1) is 0 Å². The monoisotopic (exact) mass is 1230 g/mol. The second-order valence-corrected chi connectivity index (χ2v) is 17.1. The first kappa shape index (κ1) is 54.0. The van der Waals surface area contributed by atoms with Gasteiger partial charge in [-0.15, -0.1) is 0 Å². The average molecular weight is 1240 g/mol. The van der Waals surface area contributed by atoms with Gasteiger partial charge < -0.3 is 33.1 Å². The van der Waals surface area contributed by atoms with Gasteiger partial charge in [-0.2, -0.15) is 26.3 Å². The van der Waals surface area contributed by atoms with Crippen molar-refractivity contribution in [2.45, 2.75) is 50.9 Å². The first-order valence-corrected chi connectivity index (χ1v) is 21.0. The number of aliphatic imine (C=N–C) groups is 2. The number of carboxylic acids is 2. The lowest BCUT2D eigenvalue weighted by molar-refractivity contribution is -0.193. The van der Waals surface area contributed by atoms with Crippen LogP contribution in [0, 0.1) is 5.41 Å². The first-order chi connectivity index (χ1) is 27.1. The smallest absolute Gasteiger partial charge is 0.475 e. The lowest BCUT2D eigenvalue weighted by Crippen LogP contribution is -2.66. The molecule has 3 rings (SSSR count). The minimum Gasteiger partial charge on any atom is -0.475 e. The maximum atomic E-state index is 14.6. The van der Waals surface area contributed by atoms with E-state index in [9.17, 15) is 40.7 Å². The zero-order valence-electron chi connectivity index (χ0n) is 29.9. The van der Waals surface area contributed by atoms with Crippen LogP contribution in [0.4, 0.5) is 31.1 Å². The number of imide groups is 2. The third kappa shape index (κ3) is 17.1. The molecule has 0 aromatic heterocycles. The van der Waals surface area contributed by atoms with Gasteiger partial charge >= 0.3 is 30.3 Å². The Labute approximate surface area is 382 Å². The van der Waals surface area contributed by atoms with Crippen molar-refractivity contribution in [1.82, 2.24) is 9.80 Å². The number of guanidine groups is 2. The number of hydrogen-bond acceptors (Lipinski definition) is 7. The van der Waals surface area contributed by atoms with Crippen molar-refractivity contribution in [3.8, 4) is 0 Å². The standard InChI is InChI=1S/C28H32Br6N8O3.2C2HF3O2/c29-17-11-21(33)19(31)9-15(17)13-28(14-16-10-20(32)22(34)12-18(16)30)23(43)41(7-3-1-5-39-25(35)36)27(45)42(24(28)44)8-4-2-6-40-26(37)38;2*3-2(4,5)1(6)7/h9-12H,1-8,13-14H2,(H4,35,36,39)(H4,37,38,40);2*(H,6,7). The molecule has 1 fully saturated rings. The van der Waals surface area contributed by atoms with Gasteiger partial charge in [0.1, 0.15) is 5.41 Å². The fourth-order valence-corrected chi connectivity index (χ4v) is 7.97. The molecule has 59 heavy (non-hydrogen) atoms. The lowest BCUT2D eigenvalue weighted by atomic mass is 9.72. The highest BCUT2D eigenvalue weighted by molar-refractivity contribution is 9.13. The number of nitrogens with two attached hydrogens (primary N) is 4. The summed E-state index contributed by atoms with van der Waals surface area (Å²) in [6.07, 6.45) is -8.16. The molecule has 0 atom stereocenters. The largest absolute Gasteiger partial charge is 0.490 e. The number of unbranched alkanes of at least 4 members (excludes halogenated alkanes) is 2. The third-order valence-corrected chi connectivity index (χ3v) is 12.8. The van der Waals surface area contributed by atoms with Crippen LogP contribution in [0.3, 0.4) is 0 Å². The molecule has 1 aliphatic rings. The quantitative estimate of drug-likeness (QED) is 0.0275. The Balaban J connectivity index is 0.00000106. The molecule has 15 nitrogen and oxygen atoms in total. The highest BCUT2D eigenvalue weighted by atomic mass is 79.9. The molecule has 1 heterocycles. The normalized spacial score (nSPS) is 13.8. The van der Waals surface area contributed by atoms with Crippen molar-refractivity contribution < 1.29 is 60.5 Å². The summed E-state index contributed by atoms with van der Waals surface area (Å²) < 4.78 is 68.0. The van der Waals surface area contributed by atoms with Crippen LogP contribution in [0.1, 0.15) is 36.8 Å². The summed E-state index contributed by atoms with van der Waals surface area (Å²) in [5.74, 6) is -6.70. The Kier molecular flexibility index (Phi) is 21.8. The molecule has 2 aromatic rings. The summed E-state index contributed by atoms with van der Waals surface area (Å²) >= 11 is 21.4. The number of benzene rings is 2. The molecule has 0 radical (unpaired) electrons. The molecule has 0 spiro atoms. The predicted molar refractivity (Wildman–Crippen MR) is 225 cm³/mol. The Hall–Kier alpha value is -3.01. The SMILES string of the molecule is NC(N)=NCCCCN1C(=O)N(CCCCN=C(N)N)C(=O)C(Cc2cc(Br)c(Br)cc2Br)(Cc2cc(Br)c(Br)cc2Br)C1=O.O=C(O)C(F)(F)F.O=C(O)C(F)(F)F. The predicted octanol–water partition coefficient (Wildman–Crippen LogP) is 7.20. The van der Waals surface area contributed by atoms with E-state index in [1.807, 2.05) is 24.3 Å². The number of barbiturate groups is 1. The number of alkyl halides is 6. The van der Waals surface area contributed by atoms with Crippen molar-refractivity contribution in [2.75, 3.05) is 26.2 Å². The number of carbonyl (C=O) groups excluding carboxylic acids is 3. The molecule has 0 unspecified atom stereocenters. The number of urea groups is 1. The van der Waals surface area contributed by atoms with E-state index in [-0.39, 0.29) is 37.9 Å². The summed E-state index contributed by atoms with van der Waals surface area (Å²) in [6, 6.07) is 6.77. The van der Waals surface area contributed by atoms with Crippen molar-refractivity contribution in [3.63, 3.8) is 0 Å². The fraction of sp³-hybridized carbons (Fsp3) is 0.406. The van der Waals surface area contributed by atoms with E-state index in [0.29, 0.717) is 58.8 Å². The van der Waals surface area contributed by atoms with Gasteiger partial charge in [-0.3, -0.25) is 29.4 Å². The van der Waals surface area contributed by atoms with Gasteiger partial charge in [0.2, 0.25) is 11.8 Å². The average Bonchev–Trinajstić information content (AvgIpc) is 3.10. The molecule has 0 aliphatic carbocycles. The fourth-order valence-electron chi connectivity index (χ4n) is 4.92. The van der Waals surface area contributed by atoms with Crippen LogP contribution < -0.4 is 22.9 Å². The van der Waals surface area contributed by atoms with E-state index < -0.39 is 47.6 Å². The summed E-state index contributed by atoms with van der Waals surface area (Å²) in [5, 5.41) is 14.2. The maximum Gasteiger partial charge on any atom is 0.490 e. The highest BCUT2D eigenvalue weighted by Crippen LogP contribution is 2.43. The molecule has 1 aliphatic heterocycles. The molecule has 0 bridgehead atoms. The summed E-state index contributed by atoms with van der Waals surface area (Å²) in [6.45, 7) is 0.870. The van der Waals surface area contributed by atoms with Crippen LogP contribution in [0.25, 0.3) is 0 Å². The van der Waals surface area contributed by atoms with Crippen LogP contribution >= 0.6 is 95.6 Å². The minimum atomic E-state index is -5.08. The molecule has 4 amide bonds. The first-order valence-electron chi connectivity index (χ1n) is 16.2. The zero-order valence-corrected chi connectivity index (χ0v) is 39.5. The second kappa shape index (κ2) is 23.8. The van der Waals surface area contributed by atoms with Gasteiger partial charge in [-0.1, -0.05) is 31.9 Å². The van der Waals surface area contributed by atoms with E-state index in [0.717, 1.165) is 17.9 Å². The Morgan fingerprint density at radius 1 is 0.576 bits per heavy atom. The maximum absolute atomic E-state index is 14.6. The van der Waals surface area contributed by atoms with Crippen LogP contribution in [0.5, 0.6) is 0 Å². The Bertz CT molecular complexity index is 1800. The van der Waals surface area contributed by atoms with Crippen molar-refractivity contribution in [3.05, 3.63) is 62.2 Å². The van der Waals surface area contributed by atoms with E-state index in [1.54, 1.807) is 0 Å². The van der Waals surface area contributed by atoms with E-state index in [1.165, 1.54) is 9.80 Å². The van der Waals surface area contributed by atoms with Crippen LogP contribution in [0.15, 0.2) is 61.1 Å². The van der Waals surface area contributed by atoms with Gasteiger partial charge in [-0.05, 0) is 138 Å². The number of halogens is 12. The molecule has 2 aromatic carbocycles.